The van der Waals surface area contributed by atoms with Gasteiger partial charge in [0.05, 0.1) is 0 Å². The van der Waals surface area contributed by atoms with E-state index in [-0.39, 0.29) is 5.54 Å². The molecule has 0 amide bonds. The number of benzene rings is 1. The number of carboxylic acids is 1. The van der Waals surface area contributed by atoms with Crippen molar-refractivity contribution in [3.8, 4) is 5.75 Å². The van der Waals surface area contributed by atoms with Crippen molar-refractivity contribution in [3.63, 3.8) is 0 Å². The van der Waals surface area contributed by atoms with Crippen molar-refractivity contribution in [3.05, 3.63) is 29.3 Å². The Labute approximate surface area is 145 Å². The van der Waals surface area contributed by atoms with Crippen molar-refractivity contribution in [2.75, 3.05) is 0 Å². The first-order chi connectivity index (χ1) is 11.5. The standard InChI is InChI=1S/C12H23NO2.C8H8O/c13-12(9-5-6-10-12)8-4-2-1-3-7-11(14)15;9-8-5-6-1-3-7(8)4-2-6/h1-10,13H2,(H,14,15);1,3,5,9H,2,4H2. The number of hydrogen-bond acceptors (Lipinski definition) is 3. The first kappa shape index (κ1) is 18.8. The van der Waals surface area contributed by atoms with Crippen LogP contribution in [-0.2, 0) is 17.6 Å². The minimum Gasteiger partial charge on any atom is -0.508 e. The van der Waals surface area contributed by atoms with Gasteiger partial charge in [-0.25, -0.2) is 0 Å². The third-order valence-corrected chi connectivity index (χ3v) is 5.25. The minimum absolute atomic E-state index is 0.118. The Bertz CT molecular complexity index is 536. The number of unbranched alkanes of at least 4 members (excludes halogenated alkanes) is 3. The molecule has 0 unspecified atom stereocenters. The number of aromatic hydroxyl groups is 1. The maximum atomic E-state index is 10.3. The zero-order valence-corrected chi connectivity index (χ0v) is 14.6. The zero-order valence-electron chi connectivity index (χ0n) is 14.6. The number of nitrogens with two attached hydrogens (primary N) is 1. The fraction of sp³-hybridized carbons (Fsp3) is 0.650. The Kier molecular flexibility index (Phi) is 7.10. The second-order valence-corrected chi connectivity index (χ2v) is 7.34. The number of carboxylic acid groups (broad SMARTS) is 1. The number of phenolic OH excluding ortho intramolecular Hbond substituents is 1. The molecular formula is C20H31NO3. The topological polar surface area (TPSA) is 83.6 Å². The molecule has 2 bridgehead atoms. The highest BCUT2D eigenvalue weighted by molar-refractivity contribution is 5.66. The predicted molar refractivity (Wildman–Crippen MR) is 96.2 cm³/mol. The number of aryl methyl sites for hydroxylation is 2. The molecule has 0 spiro atoms. The molecule has 0 aromatic heterocycles. The van der Waals surface area contributed by atoms with Gasteiger partial charge >= 0.3 is 5.97 Å². The largest absolute Gasteiger partial charge is 0.508 e. The lowest BCUT2D eigenvalue weighted by Gasteiger charge is -2.23. The van der Waals surface area contributed by atoms with Gasteiger partial charge in [0, 0.05) is 12.0 Å². The van der Waals surface area contributed by atoms with Crippen LogP contribution < -0.4 is 5.73 Å². The van der Waals surface area contributed by atoms with Gasteiger partial charge in [-0.3, -0.25) is 4.79 Å². The maximum absolute atomic E-state index is 10.3. The highest BCUT2D eigenvalue weighted by Crippen LogP contribution is 2.31. The van der Waals surface area contributed by atoms with Crippen molar-refractivity contribution in [1.29, 1.82) is 0 Å². The van der Waals surface area contributed by atoms with Gasteiger partial charge in [0.2, 0.25) is 0 Å². The molecule has 4 N–H and O–H groups in total. The molecule has 0 heterocycles. The SMILES string of the molecule is NC1(CCCCCCC(=O)O)CCCC1.Oc1cc2ccc1CC2. The average molecular weight is 333 g/mol. The van der Waals surface area contributed by atoms with E-state index in [4.69, 9.17) is 15.9 Å². The summed E-state index contributed by atoms with van der Waals surface area (Å²) in [6, 6.07) is 5.91. The highest BCUT2D eigenvalue weighted by Gasteiger charge is 2.28. The van der Waals surface area contributed by atoms with Crippen molar-refractivity contribution in [2.24, 2.45) is 5.73 Å². The molecule has 0 aliphatic heterocycles. The van der Waals surface area contributed by atoms with Crippen LogP contribution in [0.25, 0.3) is 0 Å². The van der Waals surface area contributed by atoms with E-state index >= 15 is 0 Å². The van der Waals surface area contributed by atoms with Crippen molar-refractivity contribution in [2.45, 2.75) is 82.6 Å². The minimum atomic E-state index is -0.680. The third kappa shape index (κ3) is 6.16. The summed E-state index contributed by atoms with van der Waals surface area (Å²) in [6.07, 6.45) is 12.6. The molecule has 0 atom stereocenters. The van der Waals surface area contributed by atoms with Gasteiger partial charge in [-0.15, -0.1) is 0 Å². The van der Waals surface area contributed by atoms with E-state index in [1.165, 1.54) is 31.2 Å². The van der Waals surface area contributed by atoms with Crippen molar-refractivity contribution in [1.82, 2.24) is 0 Å². The van der Waals surface area contributed by atoms with Crippen LogP contribution in [0.4, 0.5) is 0 Å². The monoisotopic (exact) mass is 333 g/mol. The van der Waals surface area contributed by atoms with E-state index in [2.05, 4.69) is 6.07 Å². The van der Waals surface area contributed by atoms with Crippen LogP contribution in [0, 0.1) is 0 Å². The summed E-state index contributed by atoms with van der Waals surface area (Å²) in [6.45, 7) is 0. The summed E-state index contributed by atoms with van der Waals surface area (Å²) in [5, 5.41) is 17.6. The number of hydrogen-bond donors (Lipinski definition) is 3. The molecule has 134 valence electrons. The van der Waals surface area contributed by atoms with Crippen LogP contribution in [0.2, 0.25) is 0 Å². The van der Waals surface area contributed by atoms with Gasteiger partial charge in [-0.05, 0) is 55.7 Å². The Hall–Kier alpha value is -1.55. The van der Waals surface area contributed by atoms with Gasteiger partial charge in [0.1, 0.15) is 5.75 Å². The smallest absolute Gasteiger partial charge is 0.303 e. The normalized spacial score (nSPS) is 17.4. The molecule has 1 fully saturated rings. The van der Waals surface area contributed by atoms with Gasteiger partial charge in [0.15, 0.2) is 0 Å². The van der Waals surface area contributed by atoms with Crippen LogP contribution in [0.3, 0.4) is 0 Å². The lowest BCUT2D eigenvalue weighted by molar-refractivity contribution is -0.137. The van der Waals surface area contributed by atoms with Gasteiger partial charge in [-0.1, -0.05) is 44.2 Å². The van der Waals surface area contributed by atoms with Gasteiger partial charge < -0.3 is 15.9 Å². The van der Waals surface area contributed by atoms with Gasteiger partial charge in [0.25, 0.3) is 0 Å². The van der Waals surface area contributed by atoms with E-state index < -0.39 is 5.97 Å². The molecule has 4 heteroatoms. The summed E-state index contributed by atoms with van der Waals surface area (Å²) in [7, 11) is 0. The Morgan fingerprint density at radius 2 is 1.79 bits per heavy atom. The number of rotatable bonds is 7. The summed E-state index contributed by atoms with van der Waals surface area (Å²) in [5.41, 5.74) is 8.69. The fourth-order valence-electron chi connectivity index (χ4n) is 3.69. The Balaban J connectivity index is 0.000000194. The van der Waals surface area contributed by atoms with E-state index in [0.29, 0.717) is 12.2 Å². The molecule has 24 heavy (non-hydrogen) atoms. The second kappa shape index (κ2) is 9.07. The van der Waals surface area contributed by atoms with Crippen LogP contribution in [0.1, 0.15) is 75.3 Å². The molecule has 0 saturated heterocycles. The molecule has 1 saturated carbocycles. The summed E-state index contributed by atoms with van der Waals surface area (Å²) >= 11 is 0. The molecular weight excluding hydrogens is 302 g/mol. The van der Waals surface area contributed by atoms with Crippen LogP contribution in [-0.4, -0.2) is 21.7 Å². The average Bonchev–Trinajstić information content (AvgIpc) is 2.99. The fourth-order valence-corrected chi connectivity index (χ4v) is 3.69. The van der Waals surface area contributed by atoms with E-state index in [0.717, 1.165) is 50.5 Å². The molecule has 1 aromatic carbocycles. The van der Waals surface area contributed by atoms with Crippen LogP contribution in [0.15, 0.2) is 18.2 Å². The first-order valence-electron chi connectivity index (χ1n) is 9.30. The van der Waals surface area contributed by atoms with E-state index in [9.17, 15) is 4.79 Å². The summed E-state index contributed by atoms with van der Waals surface area (Å²) < 4.78 is 0. The summed E-state index contributed by atoms with van der Waals surface area (Å²) in [5.74, 6) is -0.208. The molecule has 4 rings (SSSR count). The highest BCUT2D eigenvalue weighted by atomic mass is 16.4. The Morgan fingerprint density at radius 1 is 1.08 bits per heavy atom. The van der Waals surface area contributed by atoms with Crippen LogP contribution in [0.5, 0.6) is 5.75 Å². The van der Waals surface area contributed by atoms with Crippen molar-refractivity contribution >= 4 is 5.97 Å². The lowest BCUT2D eigenvalue weighted by atomic mass is 9.91. The van der Waals surface area contributed by atoms with Crippen LogP contribution >= 0.6 is 0 Å². The molecule has 3 aliphatic carbocycles. The molecule has 0 radical (unpaired) electrons. The third-order valence-electron chi connectivity index (χ3n) is 5.25. The number of carbonyl (C=O) groups is 1. The Morgan fingerprint density at radius 3 is 2.25 bits per heavy atom. The quantitative estimate of drug-likeness (QED) is 0.654. The number of aliphatic carboxylic acids is 1. The van der Waals surface area contributed by atoms with Gasteiger partial charge in [-0.2, -0.15) is 0 Å². The molecule has 4 nitrogen and oxygen atoms in total. The van der Waals surface area contributed by atoms with E-state index in [1.54, 1.807) is 0 Å². The molecule has 3 aliphatic rings. The lowest BCUT2D eigenvalue weighted by Crippen LogP contribution is -2.35. The first-order valence-corrected chi connectivity index (χ1v) is 9.30. The second-order valence-electron chi connectivity index (χ2n) is 7.34. The van der Waals surface area contributed by atoms with Crippen molar-refractivity contribution < 1.29 is 15.0 Å². The zero-order chi connectivity index (χ0) is 17.4. The van der Waals surface area contributed by atoms with E-state index in [1.807, 2.05) is 12.1 Å². The summed E-state index contributed by atoms with van der Waals surface area (Å²) in [4.78, 5) is 10.3. The number of phenols is 1. The molecule has 1 aromatic rings. The predicted octanol–water partition coefficient (Wildman–Crippen LogP) is 4.17. The maximum Gasteiger partial charge on any atom is 0.303 e. The number of fused-ring (bicyclic) bond motifs is 3.